The maximum atomic E-state index is 10.9. The third kappa shape index (κ3) is 2.24. The number of pyridine rings is 1. The van der Waals surface area contributed by atoms with Gasteiger partial charge in [0.25, 0.3) is 0 Å². The average molecular weight is 180 g/mol. The van der Waals surface area contributed by atoms with Crippen molar-refractivity contribution in [3.05, 3.63) is 29.1 Å². The Balaban J connectivity index is 3.14. The van der Waals surface area contributed by atoms with Gasteiger partial charge in [-0.15, -0.1) is 0 Å². The smallest absolute Gasteiger partial charge is 0.248 e. The van der Waals surface area contributed by atoms with Gasteiger partial charge in [0.05, 0.1) is 11.4 Å². The van der Waals surface area contributed by atoms with Crippen molar-refractivity contribution in [2.45, 2.75) is 13.1 Å². The molecule has 0 aliphatic heterocycles. The first kappa shape index (κ1) is 9.63. The normalized spacial score (nSPS) is 10.0. The van der Waals surface area contributed by atoms with E-state index in [-0.39, 0.29) is 13.1 Å². The summed E-state index contributed by atoms with van der Waals surface area (Å²) in [6.07, 6.45) is 0. The molecule has 1 heterocycles. The zero-order valence-electron chi connectivity index (χ0n) is 7.16. The minimum absolute atomic E-state index is 0.272. The Labute approximate surface area is 75.9 Å². The highest BCUT2D eigenvalue weighted by atomic mass is 16.1. The molecule has 0 aromatic carbocycles. The SMILES string of the molecule is NCc1cc(C(N)=O)cc(CN)n1. The van der Waals surface area contributed by atoms with Crippen LogP contribution in [-0.2, 0) is 13.1 Å². The Morgan fingerprint density at radius 1 is 1.23 bits per heavy atom. The van der Waals surface area contributed by atoms with Gasteiger partial charge in [-0.3, -0.25) is 9.78 Å². The Bertz CT molecular complexity index is 302. The molecule has 0 bridgehead atoms. The monoisotopic (exact) mass is 180 g/mol. The number of carbonyl (C=O) groups excluding carboxylic acids is 1. The van der Waals surface area contributed by atoms with Crippen LogP contribution in [0.1, 0.15) is 21.7 Å². The molecule has 0 aliphatic carbocycles. The standard InChI is InChI=1S/C8H12N4O/c9-3-6-1-5(8(11)13)2-7(4-10)12-6/h1-2H,3-4,9-10H2,(H2,11,13). The second kappa shape index (κ2) is 3.97. The van der Waals surface area contributed by atoms with E-state index in [1.165, 1.54) is 0 Å². The minimum Gasteiger partial charge on any atom is -0.366 e. The van der Waals surface area contributed by atoms with E-state index in [2.05, 4.69) is 4.98 Å². The number of amides is 1. The van der Waals surface area contributed by atoms with Gasteiger partial charge in [-0.25, -0.2) is 0 Å². The van der Waals surface area contributed by atoms with Gasteiger partial charge < -0.3 is 17.2 Å². The van der Waals surface area contributed by atoms with E-state index in [4.69, 9.17) is 17.2 Å². The van der Waals surface area contributed by atoms with Crippen LogP contribution in [0.4, 0.5) is 0 Å². The van der Waals surface area contributed by atoms with E-state index >= 15 is 0 Å². The van der Waals surface area contributed by atoms with E-state index < -0.39 is 5.91 Å². The third-order valence-electron chi connectivity index (χ3n) is 1.63. The minimum atomic E-state index is -0.494. The molecule has 0 unspecified atom stereocenters. The number of nitrogens with zero attached hydrogens (tertiary/aromatic N) is 1. The van der Waals surface area contributed by atoms with Crippen molar-refractivity contribution in [3.63, 3.8) is 0 Å². The molecule has 1 aromatic heterocycles. The maximum absolute atomic E-state index is 10.9. The van der Waals surface area contributed by atoms with Crippen LogP contribution in [-0.4, -0.2) is 10.9 Å². The number of nitrogens with two attached hydrogens (primary N) is 3. The molecule has 5 heteroatoms. The number of carbonyl (C=O) groups is 1. The second-order valence-electron chi connectivity index (χ2n) is 2.61. The molecular formula is C8H12N4O. The number of hydrogen-bond donors (Lipinski definition) is 3. The molecule has 0 spiro atoms. The van der Waals surface area contributed by atoms with Gasteiger partial charge in [0, 0.05) is 18.7 Å². The lowest BCUT2D eigenvalue weighted by molar-refractivity contribution is 0.1000. The summed E-state index contributed by atoms with van der Waals surface area (Å²) in [5.41, 5.74) is 17.5. The summed E-state index contributed by atoms with van der Waals surface area (Å²) in [5, 5.41) is 0. The lowest BCUT2D eigenvalue weighted by Gasteiger charge is -2.03. The molecule has 0 radical (unpaired) electrons. The molecule has 1 aromatic rings. The van der Waals surface area contributed by atoms with Gasteiger partial charge in [-0.05, 0) is 12.1 Å². The lowest BCUT2D eigenvalue weighted by atomic mass is 10.2. The van der Waals surface area contributed by atoms with Crippen molar-refractivity contribution in [2.75, 3.05) is 0 Å². The van der Waals surface area contributed by atoms with Crippen LogP contribution < -0.4 is 17.2 Å². The van der Waals surface area contributed by atoms with Crippen molar-refractivity contribution in [2.24, 2.45) is 17.2 Å². The maximum Gasteiger partial charge on any atom is 0.248 e. The number of aromatic nitrogens is 1. The van der Waals surface area contributed by atoms with Crippen LogP contribution in [0.25, 0.3) is 0 Å². The van der Waals surface area contributed by atoms with Crippen LogP contribution in [0, 0.1) is 0 Å². The fourth-order valence-corrected chi connectivity index (χ4v) is 1.00. The molecule has 1 amide bonds. The van der Waals surface area contributed by atoms with Gasteiger partial charge >= 0.3 is 0 Å². The fraction of sp³-hybridized carbons (Fsp3) is 0.250. The number of primary amides is 1. The Hall–Kier alpha value is -1.46. The zero-order valence-corrected chi connectivity index (χ0v) is 7.16. The molecule has 0 aliphatic rings. The largest absolute Gasteiger partial charge is 0.366 e. The van der Waals surface area contributed by atoms with Crippen molar-refractivity contribution in [1.82, 2.24) is 4.98 Å². The van der Waals surface area contributed by atoms with E-state index in [1.807, 2.05) is 0 Å². The second-order valence-corrected chi connectivity index (χ2v) is 2.61. The zero-order chi connectivity index (χ0) is 9.84. The van der Waals surface area contributed by atoms with Gasteiger partial charge in [0.2, 0.25) is 5.91 Å². The summed E-state index contributed by atoms with van der Waals surface area (Å²) >= 11 is 0. The summed E-state index contributed by atoms with van der Waals surface area (Å²) in [5.74, 6) is -0.494. The first-order chi connectivity index (χ1) is 6.17. The van der Waals surface area contributed by atoms with Crippen molar-refractivity contribution in [3.8, 4) is 0 Å². The molecule has 5 nitrogen and oxygen atoms in total. The van der Waals surface area contributed by atoms with Gasteiger partial charge in [-0.2, -0.15) is 0 Å². The molecule has 70 valence electrons. The van der Waals surface area contributed by atoms with Gasteiger partial charge in [-0.1, -0.05) is 0 Å². The Morgan fingerprint density at radius 2 is 1.69 bits per heavy atom. The quantitative estimate of drug-likeness (QED) is 0.560. The van der Waals surface area contributed by atoms with Crippen LogP contribution in [0.15, 0.2) is 12.1 Å². The number of hydrogen-bond acceptors (Lipinski definition) is 4. The number of rotatable bonds is 3. The molecule has 6 N–H and O–H groups in total. The van der Waals surface area contributed by atoms with E-state index in [9.17, 15) is 4.79 Å². The van der Waals surface area contributed by atoms with Crippen LogP contribution in [0.3, 0.4) is 0 Å². The molecule has 0 fully saturated rings. The highest BCUT2D eigenvalue weighted by molar-refractivity contribution is 5.92. The predicted octanol–water partition coefficient (Wildman–Crippen LogP) is -0.902. The average Bonchev–Trinajstić information content (AvgIpc) is 2.16. The van der Waals surface area contributed by atoms with Crippen molar-refractivity contribution in [1.29, 1.82) is 0 Å². The highest BCUT2D eigenvalue weighted by Crippen LogP contribution is 2.04. The van der Waals surface area contributed by atoms with Crippen molar-refractivity contribution < 1.29 is 4.79 Å². The van der Waals surface area contributed by atoms with E-state index in [0.717, 1.165) is 0 Å². The highest BCUT2D eigenvalue weighted by Gasteiger charge is 2.04. The topological polar surface area (TPSA) is 108 Å². The first-order valence-corrected chi connectivity index (χ1v) is 3.87. The Morgan fingerprint density at radius 3 is 2.00 bits per heavy atom. The molecule has 13 heavy (non-hydrogen) atoms. The van der Waals surface area contributed by atoms with Gasteiger partial charge in [0.15, 0.2) is 0 Å². The van der Waals surface area contributed by atoms with E-state index in [0.29, 0.717) is 17.0 Å². The summed E-state index contributed by atoms with van der Waals surface area (Å²) in [4.78, 5) is 14.9. The Kier molecular flexibility index (Phi) is 2.94. The molecule has 0 saturated carbocycles. The summed E-state index contributed by atoms with van der Waals surface area (Å²) in [7, 11) is 0. The van der Waals surface area contributed by atoms with Crippen LogP contribution >= 0.6 is 0 Å². The van der Waals surface area contributed by atoms with Crippen LogP contribution in [0.2, 0.25) is 0 Å². The lowest BCUT2D eigenvalue weighted by Crippen LogP contribution is -2.15. The summed E-state index contributed by atoms with van der Waals surface area (Å²) in [6.45, 7) is 0.544. The summed E-state index contributed by atoms with van der Waals surface area (Å²) in [6, 6.07) is 3.14. The van der Waals surface area contributed by atoms with E-state index in [1.54, 1.807) is 12.1 Å². The van der Waals surface area contributed by atoms with Crippen LogP contribution in [0.5, 0.6) is 0 Å². The van der Waals surface area contributed by atoms with Gasteiger partial charge in [0.1, 0.15) is 0 Å². The first-order valence-electron chi connectivity index (χ1n) is 3.87. The summed E-state index contributed by atoms with van der Waals surface area (Å²) < 4.78 is 0. The predicted molar refractivity (Wildman–Crippen MR) is 48.5 cm³/mol. The molecule has 0 atom stereocenters. The fourth-order valence-electron chi connectivity index (χ4n) is 1.00. The molecular weight excluding hydrogens is 168 g/mol. The van der Waals surface area contributed by atoms with Crippen molar-refractivity contribution >= 4 is 5.91 Å². The molecule has 0 saturated heterocycles. The third-order valence-corrected chi connectivity index (χ3v) is 1.63. The molecule has 1 rings (SSSR count).